The SMILES string of the molecule is CN=C(NCCS(C)(=O)=O)NCc1ccccc1-n1nc(C)cc1C. The van der Waals surface area contributed by atoms with Crippen LogP contribution in [0.25, 0.3) is 5.69 Å². The number of nitrogens with one attached hydrogen (secondary N) is 2. The van der Waals surface area contributed by atoms with Crippen molar-refractivity contribution in [1.82, 2.24) is 20.4 Å². The molecule has 0 radical (unpaired) electrons. The van der Waals surface area contributed by atoms with Gasteiger partial charge in [0.05, 0.1) is 17.1 Å². The monoisotopic (exact) mass is 363 g/mol. The minimum absolute atomic E-state index is 0.0655. The minimum Gasteiger partial charge on any atom is -0.355 e. The summed E-state index contributed by atoms with van der Waals surface area (Å²) in [5, 5.41) is 10.8. The highest BCUT2D eigenvalue weighted by Gasteiger charge is 2.09. The number of para-hydroxylation sites is 1. The van der Waals surface area contributed by atoms with Crippen LogP contribution in [0.4, 0.5) is 0 Å². The zero-order valence-corrected chi connectivity index (χ0v) is 15.9. The highest BCUT2D eigenvalue weighted by Crippen LogP contribution is 2.16. The summed E-state index contributed by atoms with van der Waals surface area (Å²) in [5.41, 5.74) is 4.12. The summed E-state index contributed by atoms with van der Waals surface area (Å²) < 4.78 is 24.3. The average Bonchev–Trinajstić information content (AvgIpc) is 2.88. The van der Waals surface area contributed by atoms with Gasteiger partial charge in [-0.3, -0.25) is 4.99 Å². The Kier molecular flexibility index (Phi) is 6.19. The molecule has 0 aliphatic rings. The normalized spacial score (nSPS) is 12.2. The number of rotatable bonds is 6. The third-order valence-corrected chi connectivity index (χ3v) is 4.61. The van der Waals surface area contributed by atoms with Crippen molar-refractivity contribution < 1.29 is 8.42 Å². The van der Waals surface area contributed by atoms with Crippen molar-refractivity contribution in [2.24, 2.45) is 4.99 Å². The van der Waals surface area contributed by atoms with Crippen LogP contribution in [0.2, 0.25) is 0 Å². The number of aliphatic imine (C=N–C) groups is 1. The van der Waals surface area contributed by atoms with Gasteiger partial charge in [0, 0.05) is 32.1 Å². The van der Waals surface area contributed by atoms with Crippen molar-refractivity contribution >= 4 is 15.8 Å². The summed E-state index contributed by atoms with van der Waals surface area (Å²) in [6, 6.07) is 10.1. The molecule has 0 atom stereocenters. The Hall–Kier alpha value is -2.35. The molecule has 0 unspecified atom stereocenters. The van der Waals surface area contributed by atoms with Gasteiger partial charge in [-0.2, -0.15) is 5.10 Å². The second kappa shape index (κ2) is 8.15. The zero-order valence-electron chi connectivity index (χ0n) is 15.1. The van der Waals surface area contributed by atoms with E-state index in [9.17, 15) is 8.42 Å². The van der Waals surface area contributed by atoms with Gasteiger partial charge in [-0.05, 0) is 31.5 Å². The fourth-order valence-corrected chi connectivity index (χ4v) is 2.97. The molecule has 0 aliphatic carbocycles. The van der Waals surface area contributed by atoms with Crippen LogP contribution in [0.3, 0.4) is 0 Å². The molecule has 2 N–H and O–H groups in total. The summed E-state index contributed by atoms with van der Waals surface area (Å²) in [7, 11) is -1.34. The maximum absolute atomic E-state index is 11.2. The summed E-state index contributed by atoms with van der Waals surface area (Å²) in [6.07, 6.45) is 1.22. The molecule has 0 spiro atoms. The van der Waals surface area contributed by atoms with E-state index in [1.807, 2.05) is 48.9 Å². The molecule has 0 saturated heterocycles. The van der Waals surface area contributed by atoms with Gasteiger partial charge in [0.1, 0.15) is 9.84 Å². The topological polar surface area (TPSA) is 88.4 Å². The van der Waals surface area contributed by atoms with Crippen molar-refractivity contribution in [2.75, 3.05) is 25.6 Å². The number of aryl methyl sites for hydroxylation is 2. The van der Waals surface area contributed by atoms with Crippen molar-refractivity contribution in [2.45, 2.75) is 20.4 Å². The number of hydrogen-bond donors (Lipinski definition) is 2. The number of nitrogens with zero attached hydrogens (tertiary/aromatic N) is 3. The molecule has 2 rings (SSSR count). The molecule has 0 aliphatic heterocycles. The van der Waals surface area contributed by atoms with Crippen molar-refractivity contribution in [3.8, 4) is 5.69 Å². The first-order chi connectivity index (χ1) is 11.8. The van der Waals surface area contributed by atoms with E-state index < -0.39 is 9.84 Å². The smallest absolute Gasteiger partial charge is 0.191 e. The van der Waals surface area contributed by atoms with Crippen LogP contribution in [0.15, 0.2) is 35.3 Å². The fraction of sp³-hybridized carbons (Fsp3) is 0.412. The maximum atomic E-state index is 11.2. The van der Waals surface area contributed by atoms with Gasteiger partial charge in [-0.25, -0.2) is 13.1 Å². The predicted octanol–water partition coefficient (Wildman–Crippen LogP) is 1.20. The Balaban J connectivity index is 2.07. The summed E-state index contributed by atoms with van der Waals surface area (Å²) >= 11 is 0. The van der Waals surface area contributed by atoms with Gasteiger partial charge >= 0.3 is 0 Å². The predicted molar refractivity (Wildman–Crippen MR) is 101 cm³/mol. The van der Waals surface area contributed by atoms with Crippen LogP contribution >= 0.6 is 0 Å². The Morgan fingerprint density at radius 1 is 1.24 bits per heavy atom. The lowest BCUT2D eigenvalue weighted by Crippen LogP contribution is -2.39. The lowest BCUT2D eigenvalue weighted by molar-refractivity contribution is 0.600. The molecule has 0 saturated carbocycles. The Bertz CT molecular complexity index is 856. The highest BCUT2D eigenvalue weighted by molar-refractivity contribution is 7.90. The number of guanidine groups is 1. The van der Waals surface area contributed by atoms with E-state index in [2.05, 4.69) is 20.7 Å². The van der Waals surface area contributed by atoms with Gasteiger partial charge < -0.3 is 10.6 Å². The number of sulfone groups is 1. The quantitative estimate of drug-likeness (QED) is 0.595. The fourth-order valence-electron chi connectivity index (χ4n) is 2.49. The molecule has 8 heteroatoms. The molecule has 1 heterocycles. The van der Waals surface area contributed by atoms with Crippen LogP contribution < -0.4 is 10.6 Å². The molecule has 1 aromatic heterocycles. The van der Waals surface area contributed by atoms with Gasteiger partial charge in [0.15, 0.2) is 5.96 Å². The Labute approximate surface area is 149 Å². The maximum Gasteiger partial charge on any atom is 0.191 e. The molecule has 0 amide bonds. The van der Waals surface area contributed by atoms with E-state index in [4.69, 9.17) is 0 Å². The van der Waals surface area contributed by atoms with E-state index >= 15 is 0 Å². The molecule has 1 aromatic carbocycles. The second-order valence-corrected chi connectivity index (χ2v) is 8.21. The Morgan fingerprint density at radius 3 is 2.56 bits per heavy atom. The van der Waals surface area contributed by atoms with E-state index in [1.54, 1.807) is 7.05 Å². The number of benzene rings is 1. The standard InChI is InChI=1S/C17H25N5O2S/c1-13-11-14(2)22(21-13)16-8-6-5-7-15(16)12-20-17(18-3)19-9-10-25(4,23)24/h5-8,11H,9-10,12H2,1-4H3,(H2,18,19,20). The molecule has 0 fully saturated rings. The summed E-state index contributed by atoms with van der Waals surface area (Å²) in [5.74, 6) is 0.627. The first-order valence-electron chi connectivity index (χ1n) is 8.04. The average molecular weight is 363 g/mol. The van der Waals surface area contributed by atoms with E-state index in [-0.39, 0.29) is 5.75 Å². The molecule has 0 bridgehead atoms. The number of aromatic nitrogens is 2. The van der Waals surface area contributed by atoms with Crippen LogP contribution in [0.5, 0.6) is 0 Å². The van der Waals surface area contributed by atoms with E-state index in [0.29, 0.717) is 19.0 Å². The third-order valence-electron chi connectivity index (χ3n) is 3.66. The number of hydrogen-bond acceptors (Lipinski definition) is 4. The first-order valence-corrected chi connectivity index (χ1v) is 10.1. The van der Waals surface area contributed by atoms with Crippen LogP contribution in [0, 0.1) is 13.8 Å². The van der Waals surface area contributed by atoms with Crippen LogP contribution in [-0.2, 0) is 16.4 Å². The summed E-state index contributed by atoms with van der Waals surface area (Å²) in [4.78, 5) is 4.12. The second-order valence-electron chi connectivity index (χ2n) is 5.95. The van der Waals surface area contributed by atoms with Gasteiger partial charge in [-0.1, -0.05) is 18.2 Å². The lowest BCUT2D eigenvalue weighted by atomic mass is 10.1. The van der Waals surface area contributed by atoms with E-state index in [0.717, 1.165) is 22.6 Å². The highest BCUT2D eigenvalue weighted by atomic mass is 32.2. The van der Waals surface area contributed by atoms with Gasteiger partial charge in [0.2, 0.25) is 0 Å². The molecule has 7 nitrogen and oxygen atoms in total. The Morgan fingerprint density at radius 2 is 1.96 bits per heavy atom. The molecular formula is C17H25N5O2S. The molecule has 2 aromatic rings. The summed E-state index contributed by atoms with van der Waals surface area (Å²) in [6.45, 7) is 4.86. The lowest BCUT2D eigenvalue weighted by Gasteiger charge is -2.15. The minimum atomic E-state index is -3.00. The first kappa shape index (κ1) is 19.0. The largest absolute Gasteiger partial charge is 0.355 e. The van der Waals surface area contributed by atoms with Gasteiger partial charge in [0.25, 0.3) is 0 Å². The van der Waals surface area contributed by atoms with Crippen LogP contribution in [-0.4, -0.2) is 49.8 Å². The molecule has 136 valence electrons. The third kappa shape index (κ3) is 5.60. The van der Waals surface area contributed by atoms with Gasteiger partial charge in [-0.15, -0.1) is 0 Å². The van der Waals surface area contributed by atoms with Crippen molar-refractivity contribution in [3.05, 3.63) is 47.3 Å². The molecule has 25 heavy (non-hydrogen) atoms. The van der Waals surface area contributed by atoms with Crippen molar-refractivity contribution in [1.29, 1.82) is 0 Å². The zero-order chi connectivity index (χ0) is 18.4. The molecular weight excluding hydrogens is 338 g/mol. The van der Waals surface area contributed by atoms with Crippen LogP contribution in [0.1, 0.15) is 17.0 Å². The van der Waals surface area contributed by atoms with Crippen molar-refractivity contribution in [3.63, 3.8) is 0 Å². The van der Waals surface area contributed by atoms with E-state index in [1.165, 1.54) is 6.26 Å².